The van der Waals surface area contributed by atoms with Crippen molar-refractivity contribution in [3.63, 3.8) is 0 Å². The first-order chi connectivity index (χ1) is 3.55. The Balaban J connectivity index is 3.46. The fourth-order valence-corrected chi connectivity index (χ4v) is 0.596. The van der Waals surface area contributed by atoms with Crippen molar-refractivity contribution in [1.29, 1.82) is 0 Å². The lowest BCUT2D eigenvalue weighted by Gasteiger charge is -2.23. The van der Waals surface area contributed by atoms with E-state index in [4.69, 9.17) is 0 Å². The van der Waals surface area contributed by atoms with E-state index in [1.165, 1.54) is 0 Å². The summed E-state index contributed by atoms with van der Waals surface area (Å²) < 4.78 is 2.03. The van der Waals surface area contributed by atoms with Gasteiger partial charge in [0.2, 0.25) is 0 Å². The molecule has 0 atom stereocenters. The van der Waals surface area contributed by atoms with E-state index in [1.54, 1.807) is 0 Å². The molecule has 0 aromatic carbocycles. The zero-order chi connectivity index (χ0) is 6.73. The van der Waals surface area contributed by atoms with Crippen LogP contribution in [-0.2, 0) is 0 Å². The summed E-state index contributed by atoms with van der Waals surface area (Å²) >= 11 is 4.25. The largest absolute Gasteiger partial charge is 0.248 e. The molecule has 0 rings (SSSR count). The highest BCUT2D eigenvalue weighted by atomic mass is 32.1. The maximum atomic E-state index is 4.25. The van der Waals surface area contributed by atoms with Crippen molar-refractivity contribution in [2.45, 2.75) is 39.8 Å². The van der Waals surface area contributed by atoms with Crippen LogP contribution in [0.15, 0.2) is 0 Å². The van der Waals surface area contributed by atoms with Gasteiger partial charge in [-0.2, -0.15) is 0 Å². The molecule has 0 radical (unpaired) electrons. The van der Waals surface area contributed by atoms with Gasteiger partial charge in [-0.3, -0.25) is 0 Å². The Morgan fingerprint density at radius 1 is 1.00 bits per heavy atom. The van der Waals surface area contributed by atoms with Crippen LogP contribution >= 0.6 is 12.8 Å². The zero-order valence-electron chi connectivity index (χ0n) is 6.05. The normalized spacial score (nSPS) is 12.0. The van der Waals surface area contributed by atoms with E-state index in [0.717, 1.165) is 0 Å². The molecule has 50 valence electrons. The Morgan fingerprint density at radius 2 is 1.25 bits per heavy atom. The Kier molecular flexibility index (Phi) is 3.49. The smallest absolute Gasteiger partial charge is 0.0146 e. The summed E-state index contributed by atoms with van der Waals surface area (Å²) in [6.07, 6.45) is 0. The molecule has 0 unspecified atom stereocenters. The predicted octanol–water partition coefficient (Wildman–Crippen LogP) is 1.95. The molecule has 0 aliphatic heterocycles. The first-order valence-corrected chi connectivity index (χ1v) is 3.43. The second kappa shape index (κ2) is 3.36. The zero-order valence-corrected chi connectivity index (χ0v) is 6.94. The molecule has 1 nitrogen and oxygen atoms in total. The molecule has 8 heavy (non-hydrogen) atoms. The van der Waals surface area contributed by atoms with Gasteiger partial charge in [0.05, 0.1) is 0 Å². The third kappa shape index (κ3) is 2.58. The summed E-state index contributed by atoms with van der Waals surface area (Å²) in [7, 11) is 0. The molecular weight excluding hydrogens is 118 g/mol. The highest BCUT2D eigenvalue weighted by Crippen LogP contribution is 2.06. The fourth-order valence-electron chi connectivity index (χ4n) is 0.596. The lowest BCUT2D eigenvalue weighted by Crippen LogP contribution is -2.27. The van der Waals surface area contributed by atoms with Crippen LogP contribution in [0.1, 0.15) is 27.7 Å². The molecule has 0 N–H and O–H groups in total. The minimum absolute atomic E-state index is 0.540. The monoisotopic (exact) mass is 133 g/mol. The average Bonchev–Trinajstić information content (AvgIpc) is 1.64. The molecule has 0 fully saturated rings. The number of hydrogen-bond acceptors (Lipinski definition) is 2. The van der Waals surface area contributed by atoms with Gasteiger partial charge < -0.3 is 0 Å². The maximum absolute atomic E-state index is 4.25. The number of nitrogens with zero attached hydrogens (tertiary/aromatic N) is 1. The Morgan fingerprint density at radius 3 is 1.25 bits per heavy atom. The summed E-state index contributed by atoms with van der Waals surface area (Å²) in [5.74, 6) is 0. The van der Waals surface area contributed by atoms with Crippen LogP contribution in [0.5, 0.6) is 0 Å². The number of rotatable bonds is 2. The van der Waals surface area contributed by atoms with Crippen molar-refractivity contribution in [2.75, 3.05) is 0 Å². The SMILES string of the molecule is CC(C)N(S)C(C)C. The van der Waals surface area contributed by atoms with Gasteiger partial charge in [0.1, 0.15) is 0 Å². The van der Waals surface area contributed by atoms with Gasteiger partial charge in [-0.1, -0.05) is 12.8 Å². The van der Waals surface area contributed by atoms with E-state index in [9.17, 15) is 0 Å². The summed E-state index contributed by atoms with van der Waals surface area (Å²) in [6, 6.07) is 1.08. The van der Waals surface area contributed by atoms with Crippen LogP contribution in [0.4, 0.5) is 0 Å². The number of hydrogen-bond donors (Lipinski definition) is 1. The van der Waals surface area contributed by atoms with E-state index in [2.05, 4.69) is 40.5 Å². The molecule has 2 heteroatoms. The van der Waals surface area contributed by atoms with Gasteiger partial charge in [0.25, 0.3) is 0 Å². The minimum atomic E-state index is 0.540. The highest BCUT2D eigenvalue weighted by Gasteiger charge is 2.06. The lowest BCUT2D eigenvalue weighted by atomic mass is 10.3. The molecule has 0 aliphatic carbocycles. The maximum Gasteiger partial charge on any atom is 0.0146 e. The van der Waals surface area contributed by atoms with E-state index < -0.39 is 0 Å². The van der Waals surface area contributed by atoms with Crippen molar-refractivity contribution in [2.24, 2.45) is 0 Å². The molecule has 0 saturated heterocycles. The first kappa shape index (κ1) is 8.31. The summed E-state index contributed by atoms with van der Waals surface area (Å²) in [4.78, 5) is 0. The van der Waals surface area contributed by atoms with E-state index >= 15 is 0 Å². The van der Waals surface area contributed by atoms with Crippen molar-refractivity contribution < 1.29 is 0 Å². The van der Waals surface area contributed by atoms with Crippen LogP contribution in [0.3, 0.4) is 0 Å². The van der Waals surface area contributed by atoms with Crippen molar-refractivity contribution in [3.8, 4) is 0 Å². The van der Waals surface area contributed by atoms with Crippen molar-refractivity contribution >= 4 is 12.8 Å². The minimum Gasteiger partial charge on any atom is -0.248 e. The Bertz CT molecular complexity index is 53.5. The molecule has 0 aromatic rings. The second-order valence-corrected chi connectivity index (χ2v) is 3.03. The summed E-state index contributed by atoms with van der Waals surface area (Å²) in [5, 5.41) is 0. The van der Waals surface area contributed by atoms with E-state index in [0.29, 0.717) is 12.1 Å². The fraction of sp³-hybridized carbons (Fsp3) is 1.00. The molecule has 0 bridgehead atoms. The van der Waals surface area contributed by atoms with E-state index in [1.807, 2.05) is 4.31 Å². The van der Waals surface area contributed by atoms with Gasteiger partial charge in [-0.25, -0.2) is 4.31 Å². The topological polar surface area (TPSA) is 3.24 Å². The molecule has 0 aliphatic rings. The van der Waals surface area contributed by atoms with Crippen molar-refractivity contribution in [1.82, 2.24) is 4.31 Å². The molecule has 0 amide bonds. The van der Waals surface area contributed by atoms with Gasteiger partial charge in [0.15, 0.2) is 0 Å². The average molecular weight is 133 g/mol. The first-order valence-electron chi connectivity index (χ1n) is 3.03. The van der Waals surface area contributed by atoms with Crippen LogP contribution in [0, 0.1) is 0 Å². The van der Waals surface area contributed by atoms with Gasteiger partial charge in [-0.15, -0.1) is 0 Å². The third-order valence-corrected chi connectivity index (χ3v) is 1.98. The summed E-state index contributed by atoms with van der Waals surface area (Å²) in [6.45, 7) is 8.53. The molecule has 0 heterocycles. The van der Waals surface area contributed by atoms with Crippen LogP contribution in [0.2, 0.25) is 0 Å². The standard InChI is InChI=1S/C6H15NS/c1-5(2)7(8)6(3)4/h5-6,8H,1-4H3. The van der Waals surface area contributed by atoms with Gasteiger partial charge in [-0.05, 0) is 27.7 Å². The number of thiol groups is 1. The molecule has 0 saturated carbocycles. The molecule has 0 aromatic heterocycles. The quantitative estimate of drug-likeness (QED) is 0.563. The van der Waals surface area contributed by atoms with Crippen LogP contribution in [-0.4, -0.2) is 16.4 Å². The highest BCUT2D eigenvalue weighted by molar-refractivity contribution is 7.77. The molecule has 0 spiro atoms. The predicted molar refractivity (Wildman–Crippen MR) is 41.1 cm³/mol. The van der Waals surface area contributed by atoms with Gasteiger partial charge in [0, 0.05) is 12.1 Å². The van der Waals surface area contributed by atoms with Crippen LogP contribution in [0.25, 0.3) is 0 Å². The second-order valence-electron chi connectivity index (χ2n) is 2.57. The molecular formula is C6H15NS. The van der Waals surface area contributed by atoms with E-state index in [-0.39, 0.29) is 0 Å². The third-order valence-electron chi connectivity index (χ3n) is 1.06. The summed E-state index contributed by atoms with van der Waals surface area (Å²) in [5.41, 5.74) is 0. The van der Waals surface area contributed by atoms with Crippen LogP contribution < -0.4 is 0 Å². The lowest BCUT2D eigenvalue weighted by molar-refractivity contribution is 0.340. The van der Waals surface area contributed by atoms with Crippen molar-refractivity contribution in [3.05, 3.63) is 0 Å². The van der Waals surface area contributed by atoms with Gasteiger partial charge >= 0.3 is 0 Å². The Hall–Kier alpha value is 0.310. The Labute approximate surface area is 57.6 Å².